The van der Waals surface area contributed by atoms with E-state index in [2.05, 4.69) is 10.6 Å². The molecule has 0 spiro atoms. The molecule has 3 rings (SSSR count). The van der Waals surface area contributed by atoms with E-state index in [9.17, 15) is 9.18 Å². The molecule has 1 heterocycles. The molecule has 8 heteroatoms. The molecule has 1 aliphatic rings. The second-order valence-electron chi connectivity index (χ2n) is 6.36. The van der Waals surface area contributed by atoms with Crippen LogP contribution in [-0.4, -0.2) is 51.2 Å². The Bertz CT molecular complexity index is 806. The first-order chi connectivity index (χ1) is 13.1. The summed E-state index contributed by atoms with van der Waals surface area (Å²) < 4.78 is 24.1. The summed E-state index contributed by atoms with van der Waals surface area (Å²) in [5, 5.41) is 6.19. The van der Waals surface area contributed by atoms with Crippen molar-refractivity contribution in [1.29, 1.82) is 0 Å². The highest BCUT2D eigenvalue weighted by Gasteiger charge is 2.26. The summed E-state index contributed by atoms with van der Waals surface area (Å²) >= 11 is 0. The Hall–Kier alpha value is -2.35. The molecule has 0 radical (unpaired) electrons. The highest BCUT2D eigenvalue weighted by Crippen LogP contribution is 2.29. The molecule has 2 aromatic rings. The van der Waals surface area contributed by atoms with Crippen molar-refractivity contribution in [2.75, 3.05) is 45.7 Å². The van der Waals surface area contributed by atoms with Crippen LogP contribution in [0.2, 0.25) is 0 Å². The van der Waals surface area contributed by atoms with E-state index in [0.29, 0.717) is 30.3 Å². The molecule has 2 aromatic carbocycles. The predicted octanol–water partition coefficient (Wildman–Crippen LogP) is 2.85. The number of benzene rings is 2. The molecule has 1 aliphatic heterocycles. The number of methoxy groups -OCH3 is 2. The van der Waals surface area contributed by atoms with Gasteiger partial charge >= 0.3 is 0 Å². The third-order valence-corrected chi connectivity index (χ3v) is 4.62. The van der Waals surface area contributed by atoms with E-state index < -0.39 is 0 Å². The van der Waals surface area contributed by atoms with Crippen LogP contribution in [0.25, 0.3) is 0 Å². The van der Waals surface area contributed by atoms with E-state index in [4.69, 9.17) is 9.47 Å². The molecule has 0 aliphatic carbocycles. The highest BCUT2D eigenvalue weighted by molar-refractivity contribution is 5.94. The minimum absolute atomic E-state index is 0. The van der Waals surface area contributed by atoms with E-state index in [1.807, 2.05) is 11.0 Å². The van der Waals surface area contributed by atoms with E-state index in [0.717, 1.165) is 12.1 Å². The van der Waals surface area contributed by atoms with Gasteiger partial charge in [-0.2, -0.15) is 0 Å². The van der Waals surface area contributed by atoms with Gasteiger partial charge in [0.05, 0.1) is 26.5 Å². The first-order valence-electron chi connectivity index (χ1n) is 8.83. The zero-order valence-electron chi connectivity index (χ0n) is 15.9. The van der Waals surface area contributed by atoms with Gasteiger partial charge in [0.15, 0.2) is 0 Å². The van der Waals surface area contributed by atoms with Crippen LogP contribution < -0.4 is 20.1 Å². The van der Waals surface area contributed by atoms with Crippen LogP contribution in [0, 0.1) is 5.82 Å². The SMILES string of the molecule is COc1ccc(OC)c(NC(=O)CN2CCNCC2c2cccc(F)c2)c1.Cl. The van der Waals surface area contributed by atoms with E-state index in [1.54, 1.807) is 38.5 Å². The molecule has 0 bridgehead atoms. The van der Waals surface area contributed by atoms with Crippen LogP contribution in [0.5, 0.6) is 11.5 Å². The number of carbonyl (C=O) groups is 1. The number of halogens is 2. The summed E-state index contributed by atoms with van der Waals surface area (Å²) in [5.41, 5.74) is 1.41. The normalized spacial score (nSPS) is 16.8. The zero-order valence-corrected chi connectivity index (χ0v) is 16.7. The quantitative estimate of drug-likeness (QED) is 0.768. The minimum atomic E-state index is -0.274. The van der Waals surface area contributed by atoms with Crippen molar-refractivity contribution in [1.82, 2.24) is 10.2 Å². The van der Waals surface area contributed by atoms with Gasteiger partial charge in [0.1, 0.15) is 17.3 Å². The van der Waals surface area contributed by atoms with Crippen molar-refractivity contribution >= 4 is 24.0 Å². The molecular formula is C20H25ClFN3O3. The number of hydrogen-bond acceptors (Lipinski definition) is 5. The lowest BCUT2D eigenvalue weighted by Gasteiger charge is -2.36. The predicted molar refractivity (Wildman–Crippen MR) is 109 cm³/mol. The lowest BCUT2D eigenvalue weighted by Crippen LogP contribution is -2.48. The number of hydrogen-bond donors (Lipinski definition) is 2. The van der Waals surface area contributed by atoms with Crippen molar-refractivity contribution in [3.05, 3.63) is 53.8 Å². The maximum absolute atomic E-state index is 13.6. The van der Waals surface area contributed by atoms with Gasteiger partial charge in [0.25, 0.3) is 0 Å². The van der Waals surface area contributed by atoms with Gasteiger partial charge in [-0.15, -0.1) is 12.4 Å². The molecule has 1 amide bonds. The van der Waals surface area contributed by atoms with Gasteiger partial charge in [-0.1, -0.05) is 12.1 Å². The fourth-order valence-corrected chi connectivity index (χ4v) is 3.26. The maximum Gasteiger partial charge on any atom is 0.238 e. The molecule has 0 saturated carbocycles. The fraction of sp³-hybridized carbons (Fsp3) is 0.350. The van der Waals surface area contributed by atoms with E-state index in [-0.39, 0.29) is 36.7 Å². The molecule has 152 valence electrons. The Morgan fingerprint density at radius 1 is 1.25 bits per heavy atom. The van der Waals surface area contributed by atoms with Gasteiger partial charge < -0.3 is 20.1 Å². The summed E-state index contributed by atoms with van der Waals surface area (Å²) in [6, 6.07) is 11.7. The van der Waals surface area contributed by atoms with Crippen LogP contribution in [0.3, 0.4) is 0 Å². The van der Waals surface area contributed by atoms with E-state index in [1.165, 1.54) is 12.1 Å². The first kappa shape index (κ1) is 21.9. The Morgan fingerprint density at radius 3 is 2.79 bits per heavy atom. The van der Waals surface area contributed by atoms with Gasteiger partial charge in [0.2, 0.25) is 5.91 Å². The van der Waals surface area contributed by atoms with Crippen molar-refractivity contribution in [2.45, 2.75) is 6.04 Å². The zero-order chi connectivity index (χ0) is 19.2. The Kier molecular flexibility index (Phi) is 8.04. The molecule has 0 aromatic heterocycles. The summed E-state index contributed by atoms with van der Waals surface area (Å²) in [7, 11) is 3.12. The van der Waals surface area contributed by atoms with Crippen molar-refractivity contribution < 1.29 is 18.7 Å². The third kappa shape index (κ3) is 5.34. The molecule has 6 nitrogen and oxygen atoms in total. The average molecular weight is 410 g/mol. The van der Waals surface area contributed by atoms with Gasteiger partial charge in [-0.25, -0.2) is 4.39 Å². The van der Waals surface area contributed by atoms with Crippen molar-refractivity contribution in [3.8, 4) is 11.5 Å². The molecule has 1 unspecified atom stereocenters. The summed E-state index contributed by atoms with van der Waals surface area (Å²) in [6.07, 6.45) is 0. The van der Waals surface area contributed by atoms with Gasteiger partial charge in [-0.05, 0) is 29.8 Å². The molecule has 1 saturated heterocycles. The van der Waals surface area contributed by atoms with Crippen molar-refractivity contribution in [3.63, 3.8) is 0 Å². The maximum atomic E-state index is 13.6. The largest absolute Gasteiger partial charge is 0.497 e. The highest BCUT2D eigenvalue weighted by atomic mass is 35.5. The number of nitrogens with one attached hydrogen (secondary N) is 2. The third-order valence-electron chi connectivity index (χ3n) is 4.62. The van der Waals surface area contributed by atoms with Gasteiger partial charge in [-0.3, -0.25) is 9.69 Å². The molecule has 1 atom stereocenters. The van der Waals surface area contributed by atoms with Crippen LogP contribution in [0.1, 0.15) is 11.6 Å². The number of amides is 1. The molecule has 28 heavy (non-hydrogen) atoms. The second kappa shape index (κ2) is 10.3. The monoisotopic (exact) mass is 409 g/mol. The van der Waals surface area contributed by atoms with Crippen LogP contribution in [-0.2, 0) is 4.79 Å². The summed E-state index contributed by atoms with van der Waals surface area (Å²) in [4.78, 5) is 14.7. The second-order valence-corrected chi connectivity index (χ2v) is 6.36. The summed E-state index contributed by atoms with van der Waals surface area (Å²) in [5.74, 6) is 0.755. The van der Waals surface area contributed by atoms with Gasteiger partial charge in [0, 0.05) is 31.7 Å². The minimum Gasteiger partial charge on any atom is -0.497 e. The molecular weight excluding hydrogens is 385 g/mol. The standard InChI is InChI=1S/C20H24FN3O3.ClH/c1-26-16-6-7-19(27-2)17(11-16)23-20(25)13-24-9-8-22-12-18(24)14-4-3-5-15(21)10-14;/h3-7,10-11,18,22H,8-9,12-13H2,1-2H3,(H,23,25);1H. The first-order valence-corrected chi connectivity index (χ1v) is 8.83. The number of nitrogens with zero attached hydrogens (tertiary/aromatic N) is 1. The Labute approximate surface area is 170 Å². The van der Waals surface area contributed by atoms with E-state index >= 15 is 0 Å². The Morgan fingerprint density at radius 2 is 2.07 bits per heavy atom. The fourth-order valence-electron chi connectivity index (χ4n) is 3.26. The topological polar surface area (TPSA) is 62.8 Å². The van der Waals surface area contributed by atoms with Crippen molar-refractivity contribution in [2.24, 2.45) is 0 Å². The number of piperazine rings is 1. The number of ether oxygens (including phenoxy) is 2. The molecule has 1 fully saturated rings. The molecule has 2 N–H and O–H groups in total. The Balaban J connectivity index is 0.00000280. The van der Waals surface area contributed by atoms with Crippen LogP contribution in [0.4, 0.5) is 10.1 Å². The number of carbonyl (C=O) groups excluding carboxylic acids is 1. The number of rotatable bonds is 6. The lowest BCUT2D eigenvalue weighted by molar-refractivity contribution is -0.118. The van der Waals surface area contributed by atoms with Crippen LogP contribution >= 0.6 is 12.4 Å². The summed E-state index contributed by atoms with van der Waals surface area (Å²) in [6.45, 7) is 2.34. The van der Waals surface area contributed by atoms with Crippen LogP contribution in [0.15, 0.2) is 42.5 Å². The smallest absolute Gasteiger partial charge is 0.238 e. The average Bonchev–Trinajstić information content (AvgIpc) is 2.68. The lowest BCUT2D eigenvalue weighted by atomic mass is 10.0. The number of anilines is 1.